The highest BCUT2D eigenvalue weighted by Crippen LogP contribution is 2.22. The summed E-state index contributed by atoms with van der Waals surface area (Å²) in [4.78, 5) is 21.4. The summed E-state index contributed by atoms with van der Waals surface area (Å²) in [5, 5.41) is 5.63. The summed E-state index contributed by atoms with van der Waals surface area (Å²) in [6.07, 6.45) is 0.843. The Morgan fingerprint density at radius 1 is 1.35 bits per heavy atom. The number of hydrogen-bond acceptors (Lipinski definition) is 6. The topological polar surface area (TPSA) is 73.8 Å². The molecule has 0 spiro atoms. The molecule has 0 saturated heterocycles. The summed E-state index contributed by atoms with van der Waals surface area (Å²) in [6, 6.07) is 5.13. The molecule has 3 rings (SSSR count). The highest BCUT2D eigenvalue weighted by Gasteiger charge is 2.13. The molecule has 3 aromatic rings. The van der Waals surface area contributed by atoms with Gasteiger partial charge >= 0.3 is 0 Å². The maximum atomic E-state index is 12.7. The van der Waals surface area contributed by atoms with Crippen molar-refractivity contribution in [3.05, 3.63) is 45.3 Å². The average molecular weight is 351 g/mol. The van der Waals surface area contributed by atoms with Crippen LogP contribution in [0.5, 0.6) is 0 Å². The number of fused-ring (bicyclic) bond motifs is 1. The van der Waals surface area contributed by atoms with E-state index in [0.717, 1.165) is 6.42 Å². The van der Waals surface area contributed by atoms with Crippen LogP contribution in [0.2, 0.25) is 5.02 Å². The van der Waals surface area contributed by atoms with Gasteiger partial charge in [-0.3, -0.25) is 9.36 Å². The number of halogens is 1. The van der Waals surface area contributed by atoms with Crippen LogP contribution in [0.3, 0.4) is 0 Å². The lowest BCUT2D eigenvalue weighted by Crippen LogP contribution is -2.23. The number of thioether (sulfide) groups is 1. The summed E-state index contributed by atoms with van der Waals surface area (Å²) in [7, 11) is 0. The normalized spacial score (nSPS) is 11.3. The van der Waals surface area contributed by atoms with E-state index in [4.69, 9.17) is 16.1 Å². The van der Waals surface area contributed by atoms with Gasteiger partial charge in [-0.1, -0.05) is 35.4 Å². The molecule has 2 aromatic heterocycles. The molecule has 0 amide bonds. The first-order valence-corrected chi connectivity index (χ1v) is 8.57. The van der Waals surface area contributed by atoms with Crippen LogP contribution in [0, 0.1) is 6.92 Å². The SMILES string of the molecule is CCCn1c(SCc2noc(C)n2)nc2cc(Cl)ccc2c1=O. The second kappa shape index (κ2) is 6.72. The zero-order chi connectivity index (χ0) is 16.4. The van der Waals surface area contributed by atoms with Crippen LogP contribution in [-0.4, -0.2) is 19.7 Å². The average Bonchev–Trinajstić information content (AvgIpc) is 2.94. The fourth-order valence-corrected chi connectivity index (χ4v) is 3.27. The van der Waals surface area contributed by atoms with Gasteiger partial charge in [0.15, 0.2) is 11.0 Å². The Morgan fingerprint density at radius 3 is 2.87 bits per heavy atom. The fraction of sp³-hybridized carbons (Fsp3) is 0.333. The third-order valence-corrected chi connectivity index (χ3v) is 4.44. The lowest BCUT2D eigenvalue weighted by Gasteiger charge is -2.11. The van der Waals surface area contributed by atoms with E-state index in [1.54, 1.807) is 29.7 Å². The van der Waals surface area contributed by atoms with Crippen LogP contribution in [0.1, 0.15) is 25.1 Å². The maximum absolute atomic E-state index is 12.7. The Labute approximate surface area is 141 Å². The van der Waals surface area contributed by atoms with Crippen LogP contribution in [0.25, 0.3) is 10.9 Å². The largest absolute Gasteiger partial charge is 0.340 e. The predicted molar refractivity (Wildman–Crippen MR) is 89.9 cm³/mol. The van der Waals surface area contributed by atoms with E-state index in [-0.39, 0.29) is 5.56 Å². The van der Waals surface area contributed by atoms with E-state index >= 15 is 0 Å². The summed E-state index contributed by atoms with van der Waals surface area (Å²) in [5.41, 5.74) is 0.543. The van der Waals surface area contributed by atoms with E-state index in [2.05, 4.69) is 15.1 Å². The molecule has 1 aromatic carbocycles. The quantitative estimate of drug-likeness (QED) is 0.518. The minimum atomic E-state index is -0.0553. The van der Waals surface area contributed by atoms with Crippen LogP contribution < -0.4 is 5.56 Å². The lowest BCUT2D eigenvalue weighted by atomic mass is 10.2. The molecule has 0 fully saturated rings. The molecule has 2 heterocycles. The van der Waals surface area contributed by atoms with Gasteiger partial charge in [-0.2, -0.15) is 4.98 Å². The van der Waals surface area contributed by atoms with Crippen molar-refractivity contribution in [1.29, 1.82) is 0 Å². The Balaban J connectivity index is 2.02. The molecule has 0 aliphatic rings. The van der Waals surface area contributed by atoms with Crippen LogP contribution >= 0.6 is 23.4 Å². The number of nitrogens with zero attached hydrogens (tertiary/aromatic N) is 4. The monoisotopic (exact) mass is 350 g/mol. The molecular formula is C15H15ClN4O2S. The van der Waals surface area contributed by atoms with Crippen molar-refractivity contribution in [3.8, 4) is 0 Å². The molecule has 8 heteroatoms. The van der Waals surface area contributed by atoms with Crippen molar-refractivity contribution >= 4 is 34.3 Å². The van der Waals surface area contributed by atoms with Crippen molar-refractivity contribution in [2.75, 3.05) is 0 Å². The third-order valence-electron chi connectivity index (χ3n) is 3.23. The standard InChI is InChI=1S/C15H15ClN4O2S/c1-3-6-20-14(21)11-5-4-10(16)7-12(11)18-15(20)23-8-13-17-9(2)22-19-13/h4-5,7H,3,6,8H2,1-2H3. The minimum Gasteiger partial charge on any atom is -0.340 e. The first-order valence-electron chi connectivity index (χ1n) is 7.20. The highest BCUT2D eigenvalue weighted by atomic mass is 35.5. The van der Waals surface area contributed by atoms with Crippen LogP contribution in [-0.2, 0) is 12.3 Å². The molecule has 0 bridgehead atoms. The van der Waals surface area contributed by atoms with E-state index in [0.29, 0.717) is 45.1 Å². The Hall–Kier alpha value is -1.86. The lowest BCUT2D eigenvalue weighted by molar-refractivity contribution is 0.389. The van der Waals surface area contributed by atoms with Crippen molar-refractivity contribution in [2.45, 2.75) is 37.7 Å². The van der Waals surface area contributed by atoms with Crippen molar-refractivity contribution in [1.82, 2.24) is 19.7 Å². The number of rotatable bonds is 5. The fourth-order valence-electron chi connectivity index (χ4n) is 2.23. The van der Waals surface area contributed by atoms with Crippen molar-refractivity contribution in [3.63, 3.8) is 0 Å². The molecule has 6 nitrogen and oxygen atoms in total. The molecule has 0 aliphatic heterocycles. The summed E-state index contributed by atoms with van der Waals surface area (Å²) in [6.45, 7) is 4.37. The smallest absolute Gasteiger partial charge is 0.262 e. The van der Waals surface area contributed by atoms with Gasteiger partial charge in [0.05, 0.1) is 16.7 Å². The Bertz CT molecular complexity index is 906. The van der Waals surface area contributed by atoms with Gasteiger partial charge in [0.25, 0.3) is 5.56 Å². The second-order valence-corrected chi connectivity index (χ2v) is 6.41. The zero-order valence-electron chi connectivity index (χ0n) is 12.7. The molecule has 0 atom stereocenters. The van der Waals surface area contributed by atoms with Crippen LogP contribution in [0.15, 0.2) is 32.7 Å². The van der Waals surface area contributed by atoms with Gasteiger partial charge < -0.3 is 4.52 Å². The zero-order valence-corrected chi connectivity index (χ0v) is 14.3. The van der Waals surface area contributed by atoms with E-state index in [9.17, 15) is 4.79 Å². The molecule has 0 radical (unpaired) electrons. The highest BCUT2D eigenvalue weighted by molar-refractivity contribution is 7.98. The maximum Gasteiger partial charge on any atom is 0.262 e. The molecule has 0 N–H and O–H groups in total. The Morgan fingerprint density at radius 2 is 2.17 bits per heavy atom. The third kappa shape index (κ3) is 3.40. The summed E-state index contributed by atoms with van der Waals surface area (Å²) < 4.78 is 6.65. The van der Waals surface area contributed by atoms with Gasteiger partial charge in [0, 0.05) is 18.5 Å². The molecule has 120 valence electrons. The first-order chi connectivity index (χ1) is 11.1. The Kier molecular flexibility index (Phi) is 4.68. The number of aromatic nitrogens is 4. The molecule has 0 unspecified atom stereocenters. The van der Waals surface area contributed by atoms with Gasteiger partial charge in [-0.05, 0) is 24.6 Å². The van der Waals surface area contributed by atoms with Gasteiger partial charge in [-0.15, -0.1) is 0 Å². The van der Waals surface area contributed by atoms with Gasteiger partial charge in [0.2, 0.25) is 5.89 Å². The van der Waals surface area contributed by atoms with Gasteiger partial charge in [-0.25, -0.2) is 4.98 Å². The van der Waals surface area contributed by atoms with Crippen molar-refractivity contribution < 1.29 is 4.52 Å². The summed E-state index contributed by atoms with van der Waals surface area (Å²) in [5.74, 6) is 1.58. The number of aryl methyl sites for hydroxylation is 1. The molecular weight excluding hydrogens is 336 g/mol. The van der Waals surface area contributed by atoms with Crippen LogP contribution in [0.4, 0.5) is 0 Å². The minimum absolute atomic E-state index is 0.0553. The number of hydrogen-bond donors (Lipinski definition) is 0. The van der Waals surface area contributed by atoms with Crippen molar-refractivity contribution in [2.24, 2.45) is 0 Å². The predicted octanol–water partition coefficient (Wildman–Crippen LogP) is 3.44. The van der Waals surface area contributed by atoms with E-state index in [1.165, 1.54) is 11.8 Å². The van der Waals surface area contributed by atoms with E-state index < -0.39 is 0 Å². The molecule has 0 saturated carbocycles. The number of benzene rings is 1. The van der Waals surface area contributed by atoms with Gasteiger partial charge in [0.1, 0.15) is 0 Å². The second-order valence-electron chi connectivity index (χ2n) is 5.03. The van der Waals surface area contributed by atoms with E-state index in [1.807, 2.05) is 6.92 Å². The molecule has 0 aliphatic carbocycles. The first kappa shape index (κ1) is 16.0. The molecule has 23 heavy (non-hydrogen) atoms. The summed E-state index contributed by atoms with van der Waals surface area (Å²) >= 11 is 7.42.